The predicted molar refractivity (Wildman–Crippen MR) is 132 cm³/mol. The molecule has 0 saturated heterocycles. The third-order valence-corrected chi connectivity index (χ3v) is 7.40. The van der Waals surface area contributed by atoms with Crippen LogP contribution in [0.3, 0.4) is 0 Å². The summed E-state index contributed by atoms with van der Waals surface area (Å²) in [5.74, 6) is 0.825. The number of sulfonamides is 1. The summed E-state index contributed by atoms with van der Waals surface area (Å²) in [5.41, 5.74) is 5.98. The second-order valence-electron chi connectivity index (χ2n) is 8.67. The van der Waals surface area contributed by atoms with Gasteiger partial charge in [0.1, 0.15) is 12.4 Å². The first-order valence-corrected chi connectivity index (χ1v) is 13.3. The third kappa shape index (κ3) is 6.44. The van der Waals surface area contributed by atoms with Crippen molar-refractivity contribution < 1.29 is 13.2 Å². The molecule has 3 aromatic carbocycles. The van der Waals surface area contributed by atoms with Crippen molar-refractivity contribution in [3.8, 4) is 5.75 Å². The minimum Gasteiger partial charge on any atom is -0.489 e. The minimum atomic E-state index is -3.16. The molecule has 0 spiro atoms. The number of hydrogen-bond acceptors (Lipinski definition) is 4. The second kappa shape index (κ2) is 10.5. The maximum atomic E-state index is 11.8. The van der Waals surface area contributed by atoms with Crippen molar-refractivity contribution in [1.82, 2.24) is 9.21 Å². The fourth-order valence-electron chi connectivity index (χ4n) is 4.16. The maximum absolute atomic E-state index is 11.8. The van der Waals surface area contributed by atoms with Gasteiger partial charge in [0, 0.05) is 26.2 Å². The fourth-order valence-corrected chi connectivity index (χ4v) is 4.96. The lowest BCUT2D eigenvalue weighted by Gasteiger charge is -2.27. The molecule has 3 aromatic rings. The molecule has 0 saturated carbocycles. The van der Waals surface area contributed by atoms with Crippen LogP contribution < -0.4 is 4.74 Å². The van der Waals surface area contributed by atoms with Gasteiger partial charge < -0.3 is 4.74 Å². The molecule has 0 aromatic heterocycles. The van der Waals surface area contributed by atoms with Gasteiger partial charge in [-0.2, -0.15) is 4.31 Å². The van der Waals surface area contributed by atoms with Crippen molar-refractivity contribution in [2.45, 2.75) is 39.6 Å². The lowest BCUT2D eigenvalue weighted by molar-refractivity contribution is 0.271. The fraction of sp³-hybridized carbons (Fsp3) is 0.333. The molecule has 0 unspecified atom stereocenters. The molecule has 0 aliphatic carbocycles. The summed E-state index contributed by atoms with van der Waals surface area (Å²) >= 11 is 0. The van der Waals surface area contributed by atoms with E-state index in [9.17, 15) is 8.42 Å². The van der Waals surface area contributed by atoms with E-state index in [1.165, 1.54) is 27.3 Å². The molecule has 174 valence electrons. The molecular formula is C27H32N2O3S. The molecular weight excluding hydrogens is 432 g/mol. The molecule has 4 rings (SSSR count). The molecule has 0 fully saturated rings. The van der Waals surface area contributed by atoms with E-state index in [2.05, 4.69) is 66.4 Å². The van der Waals surface area contributed by atoms with Gasteiger partial charge in [-0.1, -0.05) is 67.6 Å². The Bertz CT molecular complexity index is 1160. The van der Waals surface area contributed by atoms with E-state index < -0.39 is 10.0 Å². The zero-order chi connectivity index (χ0) is 23.3. The third-order valence-electron chi connectivity index (χ3n) is 6.15. The molecule has 0 N–H and O–H groups in total. The van der Waals surface area contributed by atoms with Crippen LogP contribution >= 0.6 is 0 Å². The molecule has 1 heterocycles. The van der Waals surface area contributed by atoms with E-state index in [0.29, 0.717) is 26.1 Å². The van der Waals surface area contributed by atoms with Crippen molar-refractivity contribution in [3.63, 3.8) is 0 Å². The molecule has 6 heteroatoms. The normalized spacial score (nSPS) is 14.3. The Labute approximate surface area is 197 Å². The summed E-state index contributed by atoms with van der Waals surface area (Å²) in [6.07, 6.45) is 1.98. The molecule has 0 bridgehead atoms. The van der Waals surface area contributed by atoms with Gasteiger partial charge in [-0.05, 0) is 52.9 Å². The first-order chi connectivity index (χ1) is 15.9. The van der Waals surface area contributed by atoms with Gasteiger partial charge in [0.25, 0.3) is 0 Å². The maximum Gasteiger partial charge on any atom is 0.211 e. The summed E-state index contributed by atoms with van der Waals surface area (Å²) in [7, 11) is -3.16. The molecule has 0 amide bonds. The van der Waals surface area contributed by atoms with Gasteiger partial charge in [0.05, 0.1) is 6.26 Å². The lowest BCUT2D eigenvalue weighted by Crippen LogP contribution is -2.35. The van der Waals surface area contributed by atoms with E-state index in [1.54, 1.807) is 0 Å². The van der Waals surface area contributed by atoms with Crippen LogP contribution in [0.1, 0.15) is 34.7 Å². The van der Waals surface area contributed by atoms with Crippen molar-refractivity contribution in [1.29, 1.82) is 0 Å². The summed E-state index contributed by atoms with van der Waals surface area (Å²) in [5, 5.41) is 0. The van der Waals surface area contributed by atoms with Crippen LogP contribution in [0, 0.1) is 0 Å². The molecule has 0 atom stereocenters. The Hall–Kier alpha value is -2.67. The Morgan fingerprint density at radius 2 is 1.55 bits per heavy atom. The average Bonchev–Trinajstić information content (AvgIpc) is 2.82. The van der Waals surface area contributed by atoms with Crippen molar-refractivity contribution in [2.24, 2.45) is 0 Å². The Morgan fingerprint density at radius 1 is 0.879 bits per heavy atom. The Morgan fingerprint density at radius 3 is 2.21 bits per heavy atom. The SMILES string of the molecule is CCN(Cc1ccccc1)Cc1ccc(COc2ccc3c(c2)CCN(S(C)(=O)=O)C3)cc1. The van der Waals surface area contributed by atoms with Gasteiger partial charge in [-0.3, -0.25) is 4.90 Å². The number of ether oxygens (including phenoxy) is 1. The Balaban J connectivity index is 1.31. The van der Waals surface area contributed by atoms with Crippen LogP contribution in [0.25, 0.3) is 0 Å². The van der Waals surface area contributed by atoms with Crippen LogP contribution in [0.15, 0.2) is 72.8 Å². The van der Waals surface area contributed by atoms with E-state index >= 15 is 0 Å². The number of nitrogens with zero attached hydrogens (tertiary/aromatic N) is 2. The van der Waals surface area contributed by atoms with E-state index in [4.69, 9.17) is 4.74 Å². The monoisotopic (exact) mass is 464 g/mol. The van der Waals surface area contributed by atoms with E-state index in [1.807, 2.05) is 18.2 Å². The minimum absolute atomic E-state index is 0.439. The first-order valence-electron chi connectivity index (χ1n) is 11.4. The highest BCUT2D eigenvalue weighted by Crippen LogP contribution is 2.25. The van der Waals surface area contributed by atoms with E-state index in [0.717, 1.165) is 36.5 Å². The highest BCUT2D eigenvalue weighted by molar-refractivity contribution is 7.88. The first kappa shape index (κ1) is 23.5. The van der Waals surface area contributed by atoms with Crippen LogP contribution in [0.2, 0.25) is 0 Å². The molecule has 1 aliphatic heterocycles. The van der Waals surface area contributed by atoms with Crippen molar-refractivity contribution in [3.05, 3.63) is 101 Å². The summed E-state index contributed by atoms with van der Waals surface area (Å²) in [4.78, 5) is 2.43. The van der Waals surface area contributed by atoms with Crippen LogP contribution in [-0.2, 0) is 42.7 Å². The van der Waals surface area contributed by atoms with Crippen molar-refractivity contribution in [2.75, 3.05) is 19.3 Å². The predicted octanol–water partition coefficient (Wildman–Crippen LogP) is 4.61. The average molecular weight is 465 g/mol. The van der Waals surface area contributed by atoms with Crippen molar-refractivity contribution >= 4 is 10.0 Å². The smallest absolute Gasteiger partial charge is 0.211 e. The quantitative estimate of drug-likeness (QED) is 0.464. The van der Waals surface area contributed by atoms with Gasteiger partial charge in [-0.15, -0.1) is 0 Å². The largest absolute Gasteiger partial charge is 0.489 e. The number of benzene rings is 3. The Kier molecular flexibility index (Phi) is 7.48. The lowest BCUT2D eigenvalue weighted by atomic mass is 10.0. The molecule has 33 heavy (non-hydrogen) atoms. The number of rotatable bonds is 9. The zero-order valence-corrected chi connectivity index (χ0v) is 20.2. The van der Waals surface area contributed by atoms with Crippen LogP contribution in [0.4, 0.5) is 0 Å². The standard InChI is InChI=1S/C27H32N2O3S/c1-3-28(18-22-7-5-4-6-8-22)19-23-9-11-24(12-10-23)21-32-27-14-13-26-20-29(33(2,30)31)16-15-25(26)17-27/h4-14,17H,3,15-16,18-21H2,1-2H3. The van der Waals surface area contributed by atoms with E-state index in [-0.39, 0.29) is 0 Å². The molecule has 5 nitrogen and oxygen atoms in total. The van der Waals surface area contributed by atoms with Gasteiger partial charge in [-0.25, -0.2) is 8.42 Å². The highest BCUT2D eigenvalue weighted by Gasteiger charge is 2.23. The number of hydrogen-bond donors (Lipinski definition) is 0. The highest BCUT2D eigenvalue weighted by atomic mass is 32.2. The van der Waals surface area contributed by atoms with Gasteiger partial charge in [0.15, 0.2) is 0 Å². The molecule has 0 radical (unpaired) electrons. The topological polar surface area (TPSA) is 49.9 Å². The van der Waals surface area contributed by atoms with Gasteiger partial charge in [0.2, 0.25) is 10.0 Å². The van der Waals surface area contributed by atoms with Crippen LogP contribution in [-0.4, -0.2) is 37.0 Å². The summed E-state index contributed by atoms with van der Waals surface area (Å²) in [6.45, 7) is 6.54. The summed E-state index contributed by atoms with van der Waals surface area (Å²) < 4.78 is 31.2. The zero-order valence-electron chi connectivity index (χ0n) is 19.4. The summed E-state index contributed by atoms with van der Waals surface area (Å²) in [6, 6.07) is 25.2. The number of fused-ring (bicyclic) bond motifs is 1. The van der Waals surface area contributed by atoms with Gasteiger partial charge >= 0.3 is 0 Å². The van der Waals surface area contributed by atoms with Crippen LogP contribution in [0.5, 0.6) is 5.75 Å². The second-order valence-corrected chi connectivity index (χ2v) is 10.7. The molecule has 1 aliphatic rings.